The molecule has 2 aromatic rings. The number of pyridine rings is 2. The molecule has 2 fully saturated rings. The summed E-state index contributed by atoms with van der Waals surface area (Å²) in [5.74, 6) is 1.90. The van der Waals surface area contributed by atoms with Gasteiger partial charge in [-0.3, -0.25) is 0 Å². The summed E-state index contributed by atoms with van der Waals surface area (Å²) < 4.78 is 5.42. The molecule has 2 aliphatic rings. The maximum atomic E-state index is 12.6. The van der Waals surface area contributed by atoms with Gasteiger partial charge < -0.3 is 24.8 Å². The van der Waals surface area contributed by atoms with Crippen LogP contribution < -0.4 is 15.1 Å². The molecule has 28 heavy (non-hydrogen) atoms. The Morgan fingerprint density at radius 3 is 2.46 bits per heavy atom. The van der Waals surface area contributed by atoms with E-state index in [-0.39, 0.29) is 6.03 Å². The third-order valence-corrected chi connectivity index (χ3v) is 5.15. The third kappa shape index (κ3) is 4.33. The average Bonchev–Trinajstić information content (AvgIpc) is 2.79. The Balaban J connectivity index is 1.31. The lowest BCUT2D eigenvalue weighted by molar-refractivity contribution is 0.122. The van der Waals surface area contributed by atoms with Gasteiger partial charge in [-0.2, -0.15) is 0 Å². The molecule has 0 aliphatic carbocycles. The first kappa shape index (κ1) is 18.5. The number of hydrogen-bond donors (Lipinski definition) is 1. The van der Waals surface area contributed by atoms with Crippen molar-refractivity contribution >= 4 is 17.7 Å². The molecule has 2 aliphatic heterocycles. The van der Waals surface area contributed by atoms with E-state index in [1.54, 1.807) is 12.4 Å². The van der Waals surface area contributed by atoms with E-state index in [9.17, 15) is 4.79 Å². The van der Waals surface area contributed by atoms with E-state index in [2.05, 4.69) is 25.1 Å². The molecule has 0 aromatic carbocycles. The minimum absolute atomic E-state index is 0.0301. The number of rotatable bonds is 4. The lowest BCUT2D eigenvalue weighted by Crippen LogP contribution is -2.52. The van der Waals surface area contributed by atoms with Gasteiger partial charge in [0.1, 0.15) is 11.6 Å². The van der Waals surface area contributed by atoms with Crippen LogP contribution in [0.4, 0.5) is 16.4 Å². The second kappa shape index (κ2) is 8.88. The highest BCUT2D eigenvalue weighted by atomic mass is 16.5. The molecular weight excluding hydrogens is 356 g/mol. The number of carbonyl (C=O) groups excluding carboxylic acids is 1. The number of piperazine rings is 1. The lowest BCUT2D eigenvalue weighted by atomic mass is 10.2. The first-order valence-corrected chi connectivity index (χ1v) is 9.76. The smallest absolute Gasteiger partial charge is 0.317 e. The molecule has 0 radical (unpaired) electrons. The number of urea groups is 1. The molecule has 8 heteroatoms. The zero-order chi connectivity index (χ0) is 19.2. The highest BCUT2D eigenvalue weighted by molar-refractivity contribution is 5.74. The molecule has 148 valence electrons. The Labute approximate surface area is 165 Å². The van der Waals surface area contributed by atoms with Gasteiger partial charge in [0.25, 0.3) is 0 Å². The fraction of sp³-hybridized carbons (Fsp3) is 0.450. The van der Waals surface area contributed by atoms with Gasteiger partial charge in [0, 0.05) is 63.8 Å². The summed E-state index contributed by atoms with van der Waals surface area (Å²) in [6.07, 6.45) is 3.60. The molecule has 0 spiro atoms. The summed E-state index contributed by atoms with van der Waals surface area (Å²) in [4.78, 5) is 27.8. The number of aromatic nitrogens is 2. The van der Waals surface area contributed by atoms with E-state index < -0.39 is 0 Å². The molecule has 0 unspecified atom stereocenters. The normalized spacial score (nSPS) is 17.5. The van der Waals surface area contributed by atoms with Crippen molar-refractivity contribution in [2.24, 2.45) is 0 Å². The predicted octanol–water partition coefficient (Wildman–Crippen LogP) is 1.34. The van der Waals surface area contributed by atoms with Crippen LogP contribution in [0.1, 0.15) is 5.56 Å². The van der Waals surface area contributed by atoms with Gasteiger partial charge in [-0.15, -0.1) is 0 Å². The van der Waals surface area contributed by atoms with Crippen molar-refractivity contribution in [1.29, 1.82) is 0 Å². The van der Waals surface area contributed by atoms with Crippen molar-refractivity contribution in [3.05, 3.63) is 48.3 Å². The van der Waals surface area contributed by atoms with Gasteiger partial charge in [-0.1, -0.05) is 12.1 Å². The van der Waals surface area contributed by atoms with Crippen molar-refractivity contribution < 1.29 is 9.53 Å². The average molecular weight is 382 g/mol. The van der Waals surface area contributed by atoms with Crippen molar-refractivity contribution in [3.63, 3.8) is 0 Å². The summed E-state index contributed by atoms with van der Waals surface area (Å²) in [7, 11) is 0. The van der Waals surface area contributed by atoms with Crippen molar-refractivity contribution in [1.82, 2.24) is 20.2 Å². The third-order valence-electron chi connectivity index (χ3n) is 5.15. The number of anilines is 2. The highest BCUT2D eigenvalue weighted by Crippen LogP contribution is 2.18. The van der Waals surface area contributed by atoms with Gasteiger partial charge in [-0.05, 0) is 18.2 Å². The number of nitrogens with zero attached hydrogens (tertiary/aromatic N) is 5. The standard InChI is InChI=1S/C20H26N6O2/c27-20(26-10-8-24(9-11-26)18-5-1-2-6-21-18)23-16-17-4-3-7-22-19(17)25-12-14-28-15-13-25/h1-7H,8-16H2,(H,23,27). The monoisotopic (exact) mass is 382 g/mol. The van der Waals surface area contributed by atoms with Gasteiger partial charge in [-0.25, -0.2) is 14.8 Å². The molecule has 0 bridgehead atoms. The SMILES string of the molecule is O=C(NCc1cccnc1N1CCOCC1)N1CCN(c2ccccn2)CC1. The summed E-state index contributed by atoms with van der Waals surface area (Å²) in [5.41, 5.74) is 1.03. The van der Waals surface area contributed by atoms with Crippen LogP contribution in [0.15, 0.2) is 42.7 Å². The molecular formula is C20H26N6O2. The first-order chi connectivity index (χ1) is 13.8. The molecule has 2 amide bonds. The predicted molar refractivity (Wildman–Crippen MR) is 108 cm³/mol. The van der Waals surface area contributed by atoms with Crippen LogP contribution in [0.25, 0.3) is 0 Å². The van der Waals surface area contributed by atoms with E-state index in [4.69, 9.17) is 4.74 Å². The minimum atomic E-state index is -0.0301. The van der Waals surface area contributed by atoms with Crippen LogP contribution in [0.5, 0.6) is 0 Å². The number of amides is 2. The number of nitrogens with one attached hydrogen (secondary N) is 1. The summed E-state index contributed by atoms with van der Waals surface area (Å²) in [6.45, 7) is 6.50. The minimum Gasteiger partial charge on any atom is -0.378 e. The van der Waals surface area contributed by atoms with Crippen LogP contribution in [0.3, 0.4) is 0 Å². The molecule has 4 heterocycles. The van der Waals surface area contributed by atoms with Crippen LogP contribution in [-0.2, 0) is 11.3 Å². The maximum Gasteiger partial charge on any atom is 0.317 e. The molecule has 1 N–H and O–H groups in total. The van der Waals surface area contributed by atoms with E-state index in [0.29, 0.717) is 32.8 Å². The number of carbonyl (C=O) groups is 1. The Kier molecular flexibility index (Phi) is 5.86. The van der Waals surface area contributed by atoms with Crippen LogP contribution in [0, 0.1) is 0 Å². The van der Waals surface area contributed by atoms with Crippen LogP contribution in [-0.4, -0.2) is 73.4 Å². The molecule has 2 aromatic heterocycles. The highest BCUT2D eigenvalue weighted by Gasteiger charge is 2.22. The zero-order valence-electron chi connectivity index (χ0n) is 16.0. The van der Waals surface area contributed by atoms with Gasteiger partial charge in [0.05, 0.1) is 13.2 Å². The Morgan fingerprint density at radius 1 is 0.929 bits per heavy atom. The van der Waals surface area contributed by atoms with Gasteiger partial charge in [0.2, 0.25) is 0 Å². The van der Waals surface area contributed by atoms with Gasteiger partial charge >= 0.3 is 6.03 Å². The van der Waals surface area contributed by atoms with E-state index >= 15 is 0 Å². The summed E-state index contributed by atoms with van der Waals surface area (Å²) in [5, 5.41) is 3.06. The molecule has 8 nitrogen and oxygen atoms in total. The lowest BCUT2D eigenvalue weighted by Gasteiger charge is -2.35. The topological polar surface area (TPSA) is 73.8 Å². The zero-order valence-corrected chi connectivity index (χ0v) is 16.0. The van der Waals surface area contributed by atoms with Gasteiger partial charge in [0.15, 0.2) is 0 Å². The Morgan fingerprint density at radius 2 is 1.71 bits per heavy atom. The van der Waals surface area contributed by atoms with E-state index in [0.717, 1.165) is 43.4 Å². The Bertz CT molecular complexity index is 773. The fourth-order valence-corrected chi connectivity index (χ4v) is 3.59. The largest absolute Gasteiger partial charge is 0.378 e. The van der Waals surface area contributed by atoms with Crippen molar-refractivity contribution in [2.75, 3.05) is 62.3 Å². The molecule has 0 atom stereocenters. The molecule has 4 rings (SSSR count). The van der Waals surface area contributed by atoms with Crippen LogP contribution in [0.2, 0.25) is 0 Å². The number of ether oxygens (including phenoxy) is 1. The fourth-order valence-electron chi connectivity index (χ4n) is 3.59. The second-order valence-electron chi connectivity index (χ2n) is 6.91. The molecule has 2 saturated heterocycles. The summed E-state index contributed by atoms with van der Waals surface area (Å²) >= 11 is 0. The maximum absolute atomic E-state index is 12.6. The van der Waals surface area contributed by atoms with Crippen LogP contribution >= 0.6 is 0 Å². The van der Waals surface area contributed by atoms with Crippen molar-refractivity contribution in [3.8, 4) is 0 Å². The number of hydrogen-bond acceptors (Lipinski definition) is 6. The first-order valence-electron chi connectivity index (χ1n) is 9.76. The second-order valence-corrected chi connectivity index (χ2v) is 6.91. The Hall–Kier alpha value is -2.87. The van der Waals surface area contributed by atoms with Crippen molar-refractivity contribution in [2.45, 2.75) is 6.54 Å². The number of morpholine rings is 1. The summed E-state index contributed by atoms with van der Waals surface area (Å²) in [6, 6.07) is 9.81. The molecule has 0 saturated carbocycles. The van der Waals surface area contributed by atoms with E-state index in [1.165, 1.54) is 0 Å². The van der Waals surface area contributed by atoms with E-state index in [1.807, 2.05) is 35.2 Å². The quantitative estimate of drug-likeness (QED) is 0.860.